The van der Waals surface area contributed by atoms with Crippen LogP contribution < -0.4 is 82.7 Å². The number of aliphatic carboxylic acids is 1. The lowest BCUT2D eigenvalue weighted by atomic mass is 10.0. The number of hydrogen-bond donors (Lipinski definition) is 19. The molecule has 0 bridgehead atoms. The molecule has 33 nitrogen and oxygen atoms in total. The highest BCUT2D eigenvalue weighted by Crippen LogP contribution is 2.11. The van der Waals surface area contributed by atoms with Crippen LogP contribution in [0.2, 0.25) is 0 Å². The molecule has 0 fully saturated rings. The minimum atomic E-state index is -1.89. The van der Waals surface area contributed by atoms with Crippen molar-refractivity contribution in [1.82, 2.24) is 52.5 Å². The van der Waals surface area contributed by atoms with Crippen molar-refractivity contribution < 1.29 is 72.9 Å². The molecule has 1 aromatic heterocycles. The number of aromatic nitrogens is 2. The van der Waals surface area contributed by atoms with Crippen LogP contribution in [-0.4, -0.2) is 183 Å². The highest BCUT2D eigenvalue weighted by atomic mass is 16.4. The van der Waals surface area contributed by atoms with Crippen molar-refractivity contribution >= 4 is 76.9 Å². The lowest BCUT2D eigenvalue weighted by Crippen LogP contribution is -2.61. The van der Waals surface area contributed by atoms with Crippen LogP contribution in [0.5, 0.6) is 0 Å². The normalized spacial score (nSPS) is 14.5. The summed E-state index contributed by atoms with van der Waals surface area (Å²) in [5.74, 6) is -13.2. The predicted octanol–water partition coefficient (Wildman–Crippen LogP) is -9.14. The molecule has 0 saturated heterocycles. The Labute approximate surface area is 442 Å². The summed E-state index contributed by atoms with van der Waals surface area (Å²) in [5.41, 5.74) is 38.5. The number of carbonyl (C=O) groups is 12. The number of nitrogens with two attached hydrogens (primary N) is 7. The van der Waals surface area contributed by atoms with Crippen molar-refractivity contribution in [3.8, 4) is 0 Å². The van der Waals surface area contributed by atoms with Gasteiger partial charge in [0.25, 0.3) is 0 Å². The molecule has 1 heterocycles. The van der Waals surface area contributed by atoms with Gasteiger partial charge in [0, 0.05) is 37.7 Å². The van der Waals surface area contributed by atoms with E-state index in [4.69, 9.17) is 45.2 Å². The molecule has 9 atom stereocenters. The molecule has 0 aromatic carbocycles. The average molecular weight is 1100 g/mol. The highest BCUT2D eigenvalue weighted by Gasteiger charge is 2.36. The minimum absolute atomic E-state index is 0.00862. The molecule has 1 aromatic rings. The van der Waals surface area contributed by atoms with Gasteiger partial charge in [0.15, 0.2) is 5.96 Å². The van der Waals surface area contributed by atoms with Crippen LogP contribution in [0.1, 0.15) is 90.2 Å². The molecule has 77 heavy (non-hydrogen) atoms. The zero-order valence-corrected chi connectivity index (χ0v) is 42.9. The van der Waals surface area contributed by atoms with Crippen LogP contribution in [-0.2, 0) is 64.0 Å². The largest absolute Gasteiger partial charge is 0.481 e. The van der Waals surface area contributed by atoms with Gasteiger partial charge in [0.1, 0.15) is 48.3 Å². The summed E-state index contributed by atoms with van der Waals surface area (Å²) in [6, 6.07) is -14.2. The highest BCUT2D eigenvalue weighted by molar-refractivity contribution is 5.99. The van der Waals surface area contributed by atoms with Crippen molar-refractivity contribution in [2.24, 2.45) is 51.0 Å². The van der Waals surface area contributed by atoms with Crippen LogP contribution in [0.15, 0.2) is 17.5 Å². The van der Waals surface area contributed by atoms with Gasteiger partial charge in [0.2, 0.25) is 65.0 Å². The minimum Gasteiger partial charge on any atom is -0.481 e. The van der Waals surface area contributed by atoms with Gasteiger partial charge in [-0.05, 0) is 63.8 Å². The first kappa shape index (κ1) is 67.0. The second kappa shape index (κ2) is 35.3. The van der Waals surface area contributed by atoms with Crippen molar-refractivity contribution in [3.05, 3.63) is 18.2 Å². The molecule has 0 aliphatic rings. The van der Waals surface area contributed by atoms with E-state index in [1.54, 1.807) is 13.8 Å². The number of carboxylic acids is 1. The van der Waals surface area contributed by atoms with E-state index in [2.05, 4.69) is 57.5 Å². The number of H-pyrrole nitrogens is 1. The van der Waals surface area contributed by atoms with Crippen molar-refractivity contribution in [2.45, 2.75) is 145 Å². The third kappa shape index (κ3) is 26.8. The monoisotopic (exact) mass is 1100 g/mol. The van der Waals surface area contributed by atoms with E-state index < -0.39 is 164 Å². The van der Waals surface area contributed by atoms with Gasteiger partial charge in [-0.2, -0.15) is 0 Å². The standard InChI is InChI=1S/C44H76N18O15/c1-21(2)14-27(58-38(72)26(9-10-32(47)65)57-42(76)30(18-63)61-36(70)23(46)8-11-34(67)68)39(73)59-28(15-22-17-52-20-54-22)40(74)62-31(19-64)43(77)60-29(16-33(48)66)41(75)56-25(6-3-4-12-45)37(71)55-24(35(49)69)7-5-13-53-44(50)51/h17,20-21,23-31,63-64H,3-16,18-19,45-46H2,1-2H3,(H2,47,65)(H2,48,66)(H2,49,69)(H,52,54)(H,55,71)(H,56,75)(H,57,76)(H,58,72)(H,59,73)(H,60,77)(H,61,70)(H,62,74)(H,67,68)(H4,50,51,53)/t23-,24-,25-,26-,27-,28-,29-,30-,31-/m0/s1. The Bertz CT molecular complexity index is 2190. The summed E-state index contributed by atoms with van der Waals surface area (Å²) < 4.78 is 0. The van der Waals surface area contributed by atoms with E-state index in [1.807, 2.05) is 0 Å². The van der Waals surface area contributed by atoms with E-state index in [1.165, 1.54) is 12.5 Å². The molecule has 0 spiro atoms. The number of aliphatic hydroxyl groups excluding tert-OH is 2. The Morgan fingerprint density at radius 2 is 1.04 bits per heavy atom. The third-order valence-corrected chi connectivity index (χ3v) is 11.1. The molecule has 26 N–H and O–H groups in total. The molecule has 432 valence electrons. The van der Waals surface area contributed by atoms with Crippen LogP contribution >= 0.6 is 0 Å². The van der Waals surface area contributed by atoms with E-state index in [9.17, 15) is 67.7 Å². The van der Waals surface area contributed by atoms with Gasteiger partial charge in [-0.1, -0.05) is 13.8 Å². The molecule has 1 rings (SSSR count). The summed E-state index contributed by atoms with van der Waals surface area (Å²) in [4.78, 5) is 166. The summed E-state index contributed by atoms with van der Waals surface area (Å²) in [7, 11) is 0. The number of nitrogens with one attached hydrogen (secondary N) is 9. The first-order chi connectivity index (χ1) is 36.2. The van der Waals surface area contributed by atoms with Gasteiger partial charge in [0.05, 0.1) is 32.0 Å². The van der Waals surface area contributed by atoms with Crippen molar-refractivity contribution in [3.63, 3.8) is 0 Å². The number of nitrogens with zero attached hydrogens (tertiary/aromatic N) is 2. The zero-order chi connectivity index (χ0) is 58.4. The molecule has 0 saturated carbocycles. The first-order valence-corrected chi connectivity index (χ1v) is 24.4. The second-order valence-corrected chi connectivity index (χ2v) is 18.1. The summed E-state index contributed by atoms with van der Waals surface area (Å²) in [6.45, 7) is 1.53. The molecule has 0 unspecified atom stereocenters. The van der Waals surface area contributed by atoms with Gasteiger partial charge in [-0.25, -0.2) is 4.98 Å². The average Bonchev–Trinajstić information content (AvgIpc) is 3.87. The predicted molar refractivity (Wildman–Crippen MR) is 270 cm³/mol. The lowest BCUT2D eigenvalue weighted by molar-refractivity contribution is -0.138. The van der Waals surface area contributed by atoms with Crippen molar-refractivity contribution in [1.29, 1.82) is 0 Å². The zero-order valence-electron chi connectivity index (χ0n) is 42.9. The third-order valence-electron chi connectivity index (χ3n) is 11.1. The van der Waals surface area contributed by atoms with Crippen LogP contribution in [0.3, 0.4) is 0 Å². The number of hydrogen-bond acceptors (Lipinski definition) is 18. The molecule has 33 heteroatoms. The number of carbonyl (C=O) groups excluding carboxylic acids is 11. The molecule has 11 amide bonds. The maximum absolute atomic E-state index is 14.1. The molecule has 0 aliphatic carbocycles. The number of amides is 11. The summed E-state index contributed by atoms with van der Waals surface area (Å²) in [6.07, 6.45) is 0.385. The molecular weight excluding hydrogens is 1020 g/mol. The quantitative estimate of drug-likeness (QED) is 0.0165. The number of aromatic amines is 1. The number of primary amides is 3. The fraction of sp³-hybridized carbons (Fsp3) is 0.636. The molecule has 0 aliphatic heterocycles. The smallest absolute Gasteiger partial charge is 0.303 e. The number of aliphatic imine (C=N–C) groups is 1. The van der Waals surface area contributed by atoms with E-state index in [-0.39, 0.29) is 75.6 Å². The SMILES string of the molecule is CC(C)C[C@H](NC(=O)[C@H](CCC(N)=O)NC(=O)[C@H](CO)NC(=O)[C@@H](N)CCC(=O)O)C(=O)N[C@@H](Cc1cnc[nH]1)C(=O)N[C@@H](CO)C(=O)N[C@@H](CC(N)=O)C(=O)N[C@@H](CCCCN)C(=O)N[C@@H](CCCN=C(N)N)C(N)=O. The van der Waals surface area contributed by atoms with Gasteiger partial charge in [-0.3, -0.25) is 62.5 Å². The van der Waals surface area contributed by atoms with Gasteiger partial charge < -0.3 is 103 Å². The van der Waals surface area contributed by atoms with Gasteiger partial charge in [-0.15, -0.1) is 0 Å². The van der Waals surface area contributed by atoms with Crippen LogP contribution in [0.25, 0.3) is 0 Å². The Morgan fingerprint density at radius 1 is 0.571 bits per heavy atom. The van der Waals surface area contributed by atoms with Crippen LogP contribution in [0.4, 0.5) is 0 Å². The number of guanidine groups is 1. The van der Waals surface area contributed by atoms with Crippen LogP contribution in [0, 0.1) is 5.92 Å². The Balaban J connectivity index is 3.43. The molecule has 0 radical (unpaired) electrons. The number of aliphatic hydroxyl groups is 2. The fourth-order valence-corrected chi connectivity index (χ4v) is 7.03. The van der Waals surface area contributed by atoms with Crippen molar-refractivity contribution in [2.75, 3.05) is 26.3 Å². The molecular formula is C44H76N18O15. The number of unbranched alkanes of at least 4 members (excludes halogenated alkanes) is 1. The van der Waals surface area contributed by atoms with E-state index in [0.717, 1.165) is 0 Å². The number of rotatable bonds is 39. The Morgan fingerprint density at radius 3 is 1.53 bits per heavy atom. The lowest BCUT2D eigenvalue weighted by Gasteiger charge is -2.28. The second-order valence-electron chi connectivity index (χ2n) is 18.1. The summed E-state index contributed by atoms with van der Waals surface area (Å²) in [5, 5.41) is 47.9. The number of carboxylic acid groups (broad SMARTS) is 1. The maximum atomic E-state index is 14.1. The van der Waals surface area contributed by atoms with E-state index in [0.29, 0.717) is 6.42 Å². The summed E-state index contributed by atoms with van der Waals surface area (Å²) >= 11 is 0. The first-order valence-electron chi connectivity index (χ1n) is 24.4. The maximum Gasteiger partial charge on any atom is 0.303 e. The topological polar surface area (TPSA) is 585 Å². The fourth-order valence-electron chi connectivity index (χ4n) is 7.03. The Kier molecular flexibility index (Phi) is 30.7. The number of imidazole rings is 1. The Hall–Kier alpha value is -8.04. The van der Waals surface area contributed by atoms with Gasteiger partial charge >= 0.3 is 5.97 Å². The van der Waals surface area contributed by atoms with E-state index >= 15 is 0 Å².